The van der Waals surface area contributed by atoms with Gasteiger partial charge in [0.1, 0.15) is 0 Å². The topological polar surface area (TPSA) is 24.5 Å². The Hall–Kier alpha value is -0.120. The van der Waals surface area contributed by atoms with Crippen molar-refractivity contribution >= 4 is 0 Å². The number of nitrogens with zero attached hydrogens (tertiary/aromatic N) is 1. The van der Waals surface area contributed by atoms with Gasteiger partial charge < -0.3 is 10.1 Å². The van der Waals surface area contributed by atoms with Crippen molar-refractivity contribution < 1.29 is 4.74 Å². The highest BCUT2D eigenvalue weighted by Crippen LogP contribution is 2.15. The van der Waals surface area contributed by atoms with Gasteiger partial charge in [0, 0.05) is 25.7 Å². The van der Waals surface area contributed by atoms with Gasteiger partial charge in [-0.05, 0) is 20.5 Å². The number of likely N-dealkylation sites (N-methyl/N-ethyl adjacent to an activating group) is 2. The Labute approximate surface area is 68.7 Å². The molecule has 0 radical (unpaired) electrons. The zero-order chi connectivity index (χ0) is 8.27. The Kier molecular flexibility index (Phi) is 3.30. The molecule has 0 bridgehead atoms. The zero-order valence-electron chi connectivity index (χ0n) is 7.63. The highest BCUT2D eigenvalue weighted by molar-refractivity contribution is 4.86. The Morgan fingerprint density at radius 2 is 2.36 bits per heavy atom. The highest BCUT2D eigenvalue weighted by atomic mass is 16.5. The van der Waals surface area contributed by atoms with Crippen molar-refractivity contribution in [2.45, 2.75) is 18.5 Å². The molecule has 1 aliphatic heterocycles. The third-order valence-corrected chi connectivity index (χ3v) is 2.46. The van der Waals surface area contributed by atoms with E-state index in [4.69, 9.17) is 4.74 Å². The van der Waals surface area contributed by atoms with E-state index in [-0.39, 0.29) is 0 Å². The normalized spacial score (nSPS) is 33.0. The molecule has 0 aliphatic carbocycles. The van der Waals surface area contributed by atoms with E-state index in [1.54, 1.807) is 7.11 Å². The molecule has 66 valence electrons. The summed E-state index contributed by atoms with van der Waals surface area (Å²) in [7, 11) is 5.94. The summed E-state index contributed by atoms with van der Waals surface area (Å²) in [6.07, 6.45) is 1.21. The quantitative estimate of drug-likeness (QED) is 0.622. The first-order valence-corrected chi connectivity index (χ1v) is 4.14. The maximum absolute atomic E-state index is 5.12. The van der Waals surface area contributed by atoms with Gasteiger partial charge in [0.15, 0.2) is 0 Å². The summed E-state index contributed by atoms with van der Waals surface area (Å²) < 4.78 is 5.12. The van der Waals surface area contributed by atoms with Crippen LogP contribution in [0, 0.1) is 0 Å². The SMILES string of the molecule is CNC1CC(COC)N(C)C1. The molecule has 3 nitrogen and oxygen atoms in total. The van der Waals surface area contributed by atoms with E-state index < -0.39 is 0 Å². The standard InChI is InChI=1S/C8H18N2O/c1-9-7-4-8(6-11-3)10(2)5-7/h7-9H,4-6H2,1-3H3. The lowest BCUT2D eigenvalue weighted by Crippen LogP contribution is -2.29. The summed E-state index contributed by atoms with van der Waals surface area (Å²) in [4.78, 5) is 2.35. The molecule has 1 aliphatic rings. The van der Waals surface area contributed by atoms with Gasteiger partial charge in [0.2, 0.25) is 0 Å². The van der Waals surface area contributed by atoms with Gasteiger partial charge in [0.05, 0.1) is 6.61 Å². The minimum atomic E-state index is 0.609. The number of methoxy groups -OCH3 is 1. The minimum absolute atomic E-state index is 0.609. The molecule has 1 N–H and O–H groups in total. The van der Waals surface area contributed by atoms with Crippen LogP contribution in [0.2, 0.25) is 0 Å². The summed E-state index contributed by atoms with van der Waals surface area (Å²) in [6, 6.07) is 1.26. The van der Waals surface area contributed by atoms with Crippen LogP contribution in [0.4, 0.5) is 0 Å². The highest BCUT2D eigenvalue weighted by Gasteiger charge is 2.27. The van der Waals surface area contributed by atoms with Crippen molar-refractivity contribution in [1.29, 1.82) is 0 Å². The van der Waals surface area contributed by atoms with Gasteiger partial charge in [-0.3, -0.25) is 4.90 Å². The number of nitrogens with one attached hydrogen (secondary N) is 1. The second kappa shape index (κ2) is 4.04. The summed E-state index contributed by atoms with van der Waals surface area (Å²) in [5.74, 6) is 0. The van der Waals surface area contributed by atoms with E-state index in [1.165, 1.54) is 6.42 Å². The van der Waals surface area contributed by atoms with Gasteiger partial charge >= 0.3 is 0 Å². The largest absolute Gasteiger partial charge is 0.383 e. The third kappa shape index (κ3) is 2.15. The van der Waals surface area contributed by atoms with Crippen molar-refractivity contribution in [3.8, 4) is 0 Å². The smallest absolute Gasteiger partial charge is 0.0618 e. The van der Waals surface area contributed by atoms with Crippen LogP contribution in [-0.4, -0.2) is 51.3 Å². The van der Waals surface area contributed by atoms with Gasteiger partial charge in [-0.15, -0.1) is 0 Å². The monoisotopic (exact) mass is 158 g/mol. The van der Waals surface area contributed by atoms with Gasteiger partial charge in [-0.2, -0.15) is 0 Å². The number of hydrogen-bond acceptors (Lipinski definition) is 3. The molecule has 0 aromatic heterocycles. The summed E-state index contributed by atoms with van der Waals surface area (Å²) in [6.45, 7) is 2.00. The fraction of sp³-hybridized carbons (Fsp3) is 1.00. The molecule has 0 saturated carbocycles. The van der Waals surface area contributed by atoms with Crippen LogP contribution in [0.15, 0.2) is 0 Å². The van der Waals surface area contributed by atoms with Crippen molar-refractivity contribution in [3.63, 3.8) is 0 Å². The number of rotatable bonds is 3. The maximum atomic E-state index is 5.12. The first-order chi connectivity index (χ1) is 5.27. The number of likely N-dealkylation sites (tertiary alicyclic amines) is 1. The van der Waals surface area contributed by atoms with Crippen molar-refractivity contribution in [2.24, 2.45) is 0 Å². The second-order valence-electron chi connectivity index (χ2n) is 3.27. The van der Waals surface area contributed by atoms with E-state index in [0.29, 0.717) is 12.1 Å². The molecular weight excluding hydrogens is 140 g/mol. The molecule has 3 heteroatoms. The predicted octanol–water partition coefficient (Wildman–Crippen LogP) is -0.0751. The first-order valence-electron chi connectivity index (χ1n) is 4.14. The van der Waals surface area contributed by atoms with Crippen molar-refractivity contribution in [1.82, 2.24) is 10.2 Å². The first kappa shape index (κ1) is 8.97. The van der Waals surface area contributed by atoms with Crippen LogP contribution in [0.25, 0.3) is 0 Å². The lowest BCUT2D eigenvalue weighted by Gasteiger charge is -2.17. The lowest BCUT2D eigenvalue weighted by atomic mass is 10.2. The molecule has 1 fully saturated rings. The molecule has 1 saturated heterocycles. The van der Waals surface area contributed by atoms with E-state index in [9.17, 15) is 0 Å². The van der Waals surface area contributed by atoms with Crippen LogP contribution >= 0.6 is 0 Å². The average Bonchev–Trinajstić information content (AvgIpc) is 2.33. The third-order valence-electron chi connectivity index (χ3n) is 2.46. The fourth-order valence-electron chi connectivity index (χ4n) is 1.68. The van der Waals surface area contributed by atoms with Crippen molar-refractivity contribution in [3.05, 3.63) is 0 Å². The Bertz CT molecular complexity index is 119. The molecule has 11 heavy (non-hydrogen) atoms. The molecule has 1 heterocycles. The molecule has 2 unspecified atom stereocenters. The van der Waals surface area contributed by atoms with E-state index in [0.717, 1.165) is 13.2 Å². The molecule has 0 spiro atoms. The van der Waals surface area contributed by atoms with Crippen molar-refractivity contribution in [2.75, 3.05) is 34.4 Å². The number of hydrogen-bond donors (Lipinski definition) is 1. The predicted molar refractivity (Wildman–Crippen MR) is 45.8 cm³/mol. The van der Waals surface area contributed by atoms with Crippen LogP contribution in [0.1, 0.15) is 6.42 Å². The summed E-state index contributed by atoms with van der Waals surface area (Å²) in [5.41, 5.74) is 0. The Balaban J connectivity index is 2.32. The van der Waals surface area contributed by atoms with Gasteiger partial charge in [0.25, 0.3) is 0 Å². The molecule has 0 aromatic rings. The van der Waals surface area contributed by atoms with Crippen LogP contribution in [-0.2, 0) is 4.74 Å². The minimum Gasteiger partial charge on any atom is -0.383 e. The van der Waals surface area contributed by atoms with Gasteiger partial charge in [-0.25, -0.2) is 0 Å². The van der Waals surface area contributed by atoms with E-state index in [2.05, 4.69) is 17.3 Å². The molecular formula is C8H18N2O. The molecule has 2 atom stereocenters. The Morgan fingerprint density at radius 3 is 2.82 bits per heavy atom. The molecule has 1 rings (SSSR count). The van der Waals surface area contributed by atoms with Gasteiger partial charge in [-0.1, -0.05) is 0 Å². The van der Waals surface area contributed by atoms with Crippen LogP contribution in [0.3, 0.4) is 0 Å². The van der Waals surface area contributed by atoms with E-state index in [1.807, 2.05) is 7.05 Å². The average molecular weight is 158 g/mol. The lowest BCUT2D eigenvalue weighted by molar-refractivity contribution is 0.129. The molecule has 0 amide bonds. The molecule has 0 aromatic carbocycles. The summed E-state index contributed by atoms with van der Waals surface area (Å²) in [5, 5.41) is 3.29. The summed E-state index contributed by atoms with van der Waals surface area (Å²) >= 11 is 0. The van der Waals surface area contributed by atoms with E-state index >= 15 is 0 Å². The van der Waals surface area contributed by atoms with Crippen LogP contribution in [0.5, 0.6) is 0 Å². The maximum Gasteiger partial charge on any atom is 0.0618 e. The second-order valence-corrected chi connectivity index (χ2v) is 3.27. The Morgan fingerprint density at radius 1 is 1.64 bits per heavy atom. The fourth-order valence-corrected chi connectivity index (χ4v) is 1.68. The number of ether oxygens (including phenoxy) is 1. The zero-order valence-corrected chi connectivity index (χ0v) is 7.63. The van der Waals surface area contributed by atoms with Crippen LogP contribution < -0.4 is 5.32 Å².